The third-order valence-corrected chi connectivity index (χ3v) is 7.98. The molecule has 5 rings (SSSR count). The second-order valence-electron chi connectivity index (χ2n) is 10.6. The zero-order chi connectivity index (χ0) is 31.5. The summed E-state index contributed by atoms with van der Waals surface area (Å²) < 4.78 is 2.03. The number of hydrogen-bond donors (Lipinski definition) is 3. The lowest BCUT2D eigenvalue weighted by Gasteiger charge is -2.21. The van der Waals surface area contributed by atoms with E-state index < -0.39 is 11.9 Å². The SMILES string of the molecule is CCc1nc(-c2cc(-c3cccc(C(=O)O)c3)c(O)c(-c3cccc(C(=O)O)c3)c2)n(C)c1-c1ccc(N(CC)CC)cc1. The van der Waals surface area contributed by atoms with Crippen molar-refractivity contribution in [3.8, 4) is 50.6 Å². The number of aromatic hydroxyl groups is 1. The van der Waals surface area contributed by atoms with Crippen LogP contribution in [0.15, 0.2) is 84.9 Å². The Hall–Kier alpha value is -5.37. The summed E-state index contributed by atoms with van der Waals surface area (Å²) in [7, 11) is 1.96. The van der Waals surface area contributed by atoms with Crippen LogP contribution in [0.3, 0.4) is 0 Å². The number of carbonyl (C=O) groups is 2. The van der Waals surface area contributed by atoms with Crippen LogP contribution in [0.25, 0.3) is 44.9 Å². The number of rotatable bonds is 10. The minimum Gasteiger partial charge on any atom is -0.507 e. The molecule has 44 heavy (non-hydrogen) atoms. The van der Waals surface area contributed by atoms with Gasteiger partial charge in [0.1, 0.15) is 11.6 Å². The summed E-state index contributed by atoms with van der Waals surface area (Å²) in [5.41, 5.74) is 6.78. The van der Waals surface area contributed by atoms with Crippen molar-refractivity contribution in [2.24, 2.45) is 7.05 Å². The molecule has 0 saturated carbocycles. The molecule has 0 atom stereocenters. The van der Waals surface area contributed by atoms with E-state index in [0.29, 0.717) is 40.1 Å². The van der Waals surface area contributed by atoms with E-state index in [1.165, 1.54) is 24.3 Å². The Morgan fingerprint density at radius 2 is 1.25 bits per heavy atom. The molecule has 224 valence electrons. The highest BCUT2D eigenvalue weighted by Gasteiger charge is 2.22. The van der Waals surface area contributed by atoms with E-state index in [4.69, 9.17) is 4.98 Å². The summed E-state index contributed by atoms with van der Waals surface area (Å²) in [4.78, 5) is 30.8. The van der Waals surface area contributed by atoms with Gasteiger partial charge in [-0.3, -0.25) is 0 Å². The van der Waals surface area contributed by atoms with Crippen LogP contribution in [-0.4, -0.2) is 49.9 Å². The smallest absolute Gasteiger partial charge is 0.335 e. The summed E-state index contributed by atoms with van der Waals surface area (Å²) in [6.07, 6.45) is 0.695. The Morgan fingerprint density at radius 3 is 1.70 bits per heavy atom. The van der Waals surface area contributed by atoms with Gasteiger partial charge >= 0.3 is 11.9 Å². The summed E-state index contributed by atoms with van der Waals surface area (Å²) in [6.45, 7) is 8.17. The molecule has 3 N–H and O–H groups in total. The number of aromatic nitrogens is 2. The maximum Gasteiger partial charge on any atom is 0.335 e. The van der Waals surface area contributed by atoms with E-state index in [2.05, 4.69) is 49.9 Å². The Kier molecular flexibility index (Phi) is 8.53. The normalized spacial score (nSPS) is 11.0. The lowest BCUT2D eigenvalue weighted by molar-refractivity contribution is 0.0686. The first-order chi connectivity index (χ1) is 21.2. The first-order valence-electron chi connectivity index (χ1n) is 14.6. The molecular weight excluding hydrogens is 554 g/mol. The third-order valence-electron chi connectivity index (χ3n) is 7.98. The maximum atomic E-state index is 11.8. The quantitative estimate of drug-likeness (QED) is 0.154. The highest BCUT2D eigenvalue weighted by Crippen LogP contribution is 2.43. The Morgan fingerprint density at radius 1 is 0.727 bits per heavy atom. The van der Waals surface area contributed by atoms with Gasteiger partial charge in [-0.05, 0) is 79.9 Å². The molecule has 0 aliphatic rings. The predicted molar refractivity (Wildman–Crippen MR) is 173 cm³/mol. The van der Waals surface area contributed by atoms with Crippen molar-refractivity contribution < 1.29 is 24.9 Å². The van der Waals surface area contributed by atoms with E-state index in [1.54, 1.807) is 36.4 Å². The summed E-state index contributed by atoms with van der Waals surface area (Å²) in [5.74, 6) is -1.58. The van der Waals surface area contributed by atoms with Crippen molar-refractivity contribution in [3.05, 3.63) is 102 Å². The number of benzene rings is 4. The zero-order valence-corrected chi connectivity index (χ0v) is 25.2. The lowest BCUT2D eigenvalue weighted by atomic mass is 9.93. The first-order valence-corrected chi connectivity index (χ1v) is 14.6. The van der Waals surface area contributed by atoms with E-state index in [9.17, 15) is 24.9 Å². The van der Waals surface area contributed by atoms with Gasteiger partial charge in [0.2, 0.25) is 0 Å². The molecule has 0 aliphatic heterocycles. The fraction of sp³-hybridized carbons (Fsp3) is 0.194. The van der Waals surface area contributed by atoms with Crippen molar-refractivity contribution in [1.29, 1.82) is 0 Å². The van der Waals surface area contributed by atoms with Gasteiger partial charge in [-0.15, -0.1) is 0 Å². The largest absolute Gasteiger partial charge is 0.507 e. The van der Waals surface area contributed by atoms with Crippen molar-refractivity contribution in [2.45, 2.75) is 27.2 Å². The number of aryl methyl sites for hydroxylation is 1. The molecule has 8 nitrogen and oxygen atoms in total. The Labute approximate surface area is 256 Å². The number of aromatic carboxylic acids is 2. The van der Waals surface area contributed by atoms with Gasteiger partial charge in [0, 0.05) is 48.1 Å². The van der Waals surface area contributed by atoms with E-state index in [-0.39, 0.29) is 16.9 Å². The second-order valence-corrected chi connectivity index (χ2v) is 10.6. The molecule has 0 saturated heterocycles. The average molecular weight is 590 g/mol. The Bertz CT molecular complexity index is 1770. The molecular formula is C36H35N3O5. The molecule has 0 fully saturated rings. The minimum absolute atomic E-state index is 0.0856. The number of nitrogens with zero attached hydrogens (tertiary/aromatic N) is 3. The number of phenols is 1. The van der Waals surface area contributed by atoms with Crippen LogP contribution in [-0.2, 0) is 13.5 Å². The fourth-order valence-electron chi connectivity index (χ4n) is 5.68. The lowest BCUT2D eigenvalue weighted by Crippen LogP contribution is -2.21. The molecule has 8 heteroatoms. The fourth-order valence-corrected chi connectivity index (χ4v) is 5.68. The van der Waals surface area contributed by atoms with Crippen molar-refractivity contribution in [1.82, 2.24) is 9.55 Å². The molecule has 0 radical (unpaired) electrons. The van der Waals surface area contributed by atoms with Gasteiger partial charge in [-0.25, -0.2) is 14.6 Å². The number of phenolic OH excluding ortho intramolecular Hbond substituents is 1. The molecule has 0 bridgehead atoms. The van der Waals surface area contributed by atoms with Crippen LogP contribution in [0.5, 0.6) is 5.75 Å². The van der Waals surface area contributed by atoms with Crippen molar-refractivity contribution >= 4 is 17.6 Å². The molecule has 5 aromatic rings. The number of carboxylic acids is 2. The number of anilines is 1. The maximum absolute atomic E-state index is 11.8. The molecule has 0 unspecified atom stereocenters. The van der Waals surface area contributed by atoms with Crippen LogP contribution in [0, 0.1) is 0 Å². The number of hydrogen-bond acceptors (Lipinski definition) is 5. The third kappa shape index (κ3) is 5.66. The monoisotopic (exact) mass is 589 g/mol. The van der Waals surface area contributed by atoms with E-state index >= 15 is 0 Å². The zero-order valence-electron chi connectivity index (χ0n) is 25.2. The summed E-state index contributed by atoms with van der Waals surface area (Å²) >= 11 is 0. The highest BCUT2D eigenvalue weighted by atomic mass is 16.4. The van der Waals surface area contributed by atoms with Gasteiger partial charge in [0.05, 0.1) is 22.5 Å². The topological polar surface area (TPSA) is 116 Å². The van der Waals surface area contributed by atoms with Crippen molar-refractivity contribution in [3.63, 3.8) is 0 Å². The molecule has 0 amide bonds. The van der Waals surface area contributed by atoms with Gasteiger partial charge < -0.3 is 24.8 Å². The van der Waals surface area contributed by atoms with E-state index in [1.807, 2.05) is 11.6 Å². The molecule has 4 aromatic carbocycles. The highest BCUT2D eigenvalue weighted by molar-refractivity contribution is 5.94. The van der Waals surface area contributed by atoms with Crippen LogP contribution in [0.4, 0.5) is 5.69 Å². The van der Waals surface area contributed by atoms with Crippen LogP contribution >= 0.6 is 0 Å². The Balaban J connectivity index is 1.73. The van der Waals surface area contributed by atoms with Crippen LogP contribution in [0.2, 0.25) is 0 Å². The average Bonchev–Trinajstić information content (AvgIpc) is 3.38. The van der Waals surface area contributed by atoms with Crippen LogP contribution < -0.4 is 4.90 Å². The molecule has 0 spiro atoms. The molecule has 1 heterocycles. The van der Waals surface area contributed by atoms with Crippen molar-refractivity contribution in [2.75, 3.05) is 18.0 Å². The van der Waals surface area contributed by atoms with Crippen LogP contribution in [0.1, 0.15) is 47.2 Å². The molecule has 1 aromatic heterocycles. The standard InChI is InChI=1S/C36H35N3O5/c1-5-31-32(22-14-16-28(17-15-22)39(6-2)7-3)38(4)34(37-31)27-20-29(23-10-8-12-25(18-23)35(41)42)33(40)30(21-27)24-11-9-13-26(19-24)36(43)44/h8-21,40H,5-7H2,1-4H3,(H,41,42)(H,43,44). The predicted octanol–water partition coefficient (Wildman–Crippen LogP) is 7.60. The summed E-state index contributed by atoms with van der Waals surface area (Å²) in [6, 6.07) is 24.8. The molecule has 0 aliphatic carbocycles. The van der Waals surface area contributed by atoms with Gasteiger partial charge in [-0.2, -0.15) is 0 Å². The summed E-state index contributed by atoms with van der Waals surface area (Å²) in [5, 5.41) is 30.8. The van der Waals surface area contributed by atoms with Gasteiger partial charge in [-0.1, -0.05) is 43.3 Å². The van der Waals surface area contributed by atoms with E-state index in [0.717, 1.165) is 35.7 Å². The number of carboxylic acid groups (broad SMARTS) is 2. The second kappa shape index (κ2) is 12.5. The van der Waals surface area contributed by atoms with Gasteiger partial charge in [0.25, 0.3) is 0 Å². The van der Waals surface area contributed by atoms with Gasteiger partial charge in [0.15, 0.2) is 0 Å². The number of imidazole rings is 1. The minimum atomic E-state index is -1.08. The first kappa shape index (κ1) is 30.1.